The van der Waals surface area contributed by atoms with E-state index >= 15 is 0 Å². The van der Waals surface area contributed by atoms with Crippen molar-refractivity contribution in [2.45, 2.75) is 13.0 Å². The van der Waals surface area contributed by atoms with Crippen molar-refractivity contribution in [1.29, 1.82) is 0 Å². The second kappa shape index (κ2) is 7.54. The maximum Gasteiger partial charge on any atom is 0.319 e. The number of hydrogen-bond donors (Lipinski definition) is 3. The third-order valence-corrected chi connectivity index (χ3v) is 4.53. The highest BCUT2D eigenvalue weighted by molar-refractivity contribution is 6.35. The quantitative estimate of drug-likeness (QED) is 0.693. The summed E-state index contributed by atoms with van der Waals surface area (Å²) < 4.78 is 26.5. The first-order valence-electron chi connectivity index (χ1n) is 7.76. The first kappa shape index (κ1) is 19.1. The van der Waals surface area contributed by atoms with Crippen molar-refractivity contribution in [2.75, 3.05) is 5.32 Å². The molecule has 140 valence electrons. The largest absolute Gasteiger partial charge is 0.327 e. The first-order valence-corrected chi connectivity index (χ1v) is 8.51. The summed E-state index contributed by atoms with van der Waals surface area (Å²) in [5.74, 6) is -2.73. The van der Waals surface area contributed by atoms with Crippen LogP contribution in [0.3, 0.4) is 0 Å². The molecule has 1 aliphatic rings. The molecule has 0 unspecified atom stereocenters. The Balaban J connectivity index is 1.98. The molecule has 5 nitrogen and oxygen atoms in total. The molecule has 2 aromatic carbocycles. The summed E-state index contributed by atoms with van der Waals surface area (Å²) in [7, 11) is 0. The lowest BCUT2D eigenvalue weighted by molar-refractivity contribution is -0.113. The molecule has 3 rings (SSSR count). The molecule has 0 spiro atoms. The van der Waals surface area contributed by atoms with Crippen LogP contribution in [-0.2, 0) is 4.79 Å². The molecule has 1 heterocycles. The molecule has 0 fully saturated rings. The average molecular weight is 412 g/mol. The zero-order valence-electron chi connectivity index (χ0n) is 13.9. The number of rotatable bonds is 3. The van der Waals surface area contributed by atoms with Gasteiger partial charge in [0.15, 0.2) is 11.6 Å². The van der Waals surface area contributed by atoms with Gasteiger partial charge in [-0.1, -0.05) is 29.3 Å². The number of nitrogens with one attached hydrogen (secondary N) is 3. The van der Waals surface area contributed by atoms with Crippen molar-refractivity contribution in [3.8, 4) is 0 Å². The van der Waals surface area contributed by atoms with E-state index in [2.05, 4.69) is 16.0 Å². The zero-order chi connectivity index (χ0) is 19.7. The highest BCUT2D eigenvalue weighted by Crippen LogP contribution is 2.33. The summed E-state index contributed by atoms with van der Waals surface area (Å²) in [5, 5.41) is 8.30. The lowest BCUT2D eigenvalue weighted by atomic mass is 9.94. The summed E-state index contributed by atoms with van der Waals surface area (Å²) in [6.07, 6.45) is 0. The summed E-state index contributed by atoms with van der Waals surface area (Å²) in [6.45, 7) is 1.55. The molecule has 27 heavy (non-hydrogen) atoms. The third-order valence-electron chi connectivity index (χ3n) is 3.96. The van der Waals surface area contributed by atoms with E-state index in [1.54, 1.807) is 19.1 Å². The number of carbonyl (C=O) groups is 2. The molecule has 9 heteroatoms. The Kier molecular flexibility index (Phi) is 5.34. The number of allylic oxidation sites excluding steroid dienone is 1. The number of anilines is 1. The molecule has 0 saturated heterocycles. The van der Waals surface area contributed by atoms with Gasteiger partial charge in [0, 0.05) is 27.5 Å². The molecule has 3 amide bonds. The first-order chi connectivity index (χ1) is 12.8. The monoisotopic (exact) mass is 411 g/mol. The van der Waals surface area contributed by atoms with Crippen molar-refractivity contribution in [1.82, 2.24) is 10.6 Å². The summed E-state index contributed by atoms with van der Waals surface area (Å²) in [5.41, 5.74) is 1.00. The van der Waals surface area contributed by atoms with Gasteiger partial charge in [-0.25, -0.2) is 13.6 Å². The van der Waals surface area contributed by atoms with Gasteiger partial charge in [-0.15, -0.1) is 0 Å². The standard InChI is InChI=1S/C18H13Cl2F2N3O2/c1-8-15(17(26)24-10-3-5-13(21)14(22)7-10)16(25-18(27)23-8)11-4-2-9(19)6-12(11)20/h2-7,16H,1H3,(H,24,26)(H2,23,25,27)/t16-/m0/s1. The van der Waals surface area contributed by atoms with E-state index in [9.17, 15) is 18.4 Å². The summed E-state index contributed by atoms with van der Waals surface area (Å²) in [6, 6.07) is 6.30. The number of benzene rings is 2. The topological polar surface area (TPSA) is 70.2 Å². The minimum atomic E-state index is -1.09. The molecule has 0 saturated carbocycles. The second-order valence-corrected chi connectivity index (χ2v) is 6.66. The van der Waals surface area contributed by atoms with E-state index in [0.717, 1.165) is 12.1 Å². The minimum Gasteiger partial charge on any atom is -0.327 e. The number of hydrogen-bond acceptors (Lipinski definition) is 2. The van der Waals surface area contributed by atoms with Gasteiger partial charge in [-0.05, 0) is 36.8 Å². The van der Waals surface area contributed by atoms with E-state index in [4.69, 9.17) is 23.2 Å². The average Bonchev–Trinajstić information content (AvgIpc) is 2.57. The second-order valence-electron chi connectivity index (χ2n) is 5.82. The Hall–Kier alpha value is -2.64. The fourth-order valence-corrected chi connectivity index (χ4v) is 3.25. The number of carbonyl (C=O) groups excluding carboxylic acids is 2. The van der Waals surface area contributed by atoms with Crippen molar-refractivity contribution in [2.24, 2.45) is 0 Å². The van der Waals surface area contributed by atoms with Crippen LogP contribution in [0.2, 0.25) is 10.0 Å². The predicted octanol–water partition coefficient (Wildman–Crippen LogP) is 4.54. The van der Waals surface area contributed by atoms with Crippen LogP contribution < -0.4 is 16.0 Å². The van der Waals surface area contributed by atoms with E-state index in [1.807, 2.05) is 0 Å². The fourth-order valence-electron chi connectivity index (χ4n) is 2.74. The molecule has 0 bridgehead atoms. The maximum absolute atomic E-state index is 13.4. The number of halogens is 4. The highest BCUT2D eigenvalue weighted by atomic mass is 35.5. The molecule has 0 aromatic heterocycles. The van der Waals surface area contributed by atoms with Gasteiger partial charge in [0.2, 0.25) is 0 Å². The van der Waals surface area contributed by atoms with Gasteiger partial charge in [-0.2, -0.15) is 0 Å². The molecular formula is C18H13Cl2F2N3O2. The van der Waals surface area contributed by atoms with Gasteiger partial charge >= 0.3 is 6.03 Å². The number of urea groups is 1. The Bertz CT molecular complexity index is 979. The summed E-state index contributed by atoms with van der Waals surface area (Å²) >= 11 is 12.1. The highest BCUT2D eigenvalue weighted by Gasteiger charge is 2.32. The van der Waals surface area contributed by atoms with Crippen LogP contribution in [0.4, 0.5) is 19.3 Å². The van der Waals surface area contributed by atoms with E-state index in [1.165, 1.54) is 12.1 Å². The molecule has 0 aliphatic carbocycles. The molecular weight excluding hydrogens is 399 g/mol. The van der Waals surface area contributed by atoms with Crippen LogP contribution in [0.1, 0.15) is 18.5 Å². The van der Waals surface area contributed by atoms with Crippen molar-refractivity contribution < 1.29 is 18.4 Å². The van der Waals surface area contributed by atoms with Gasteiger partial charge in [-0.3, -0.25) is 4.79 Å². The van der Waals surface area contributed by atoms with Gasteiger partial charge < -0.3 is 16.0 Å². The van der Waals surface area contributed by atoms with Crippen LogP contribution in [0, 0.1) is 11.6 Å². The Morgan fingerprint density at radius 2 is 1.85 bits per heavy atom. The Labute approximate surface area is 163 Å². The normalized spacial score (nSPS) is 16.6. The van der Waals surface area contributed by atoms with Crippen molar-refractivity contribution in [3.63, 3.8) is 0 Å². The van der Waals surface area contributed by atoms with E-state index in [0.29, 0.717) is 16.3 Å². The van der Waals surface area contributed by atoms with Gasteiger partial charge in [0.1, 0.15) is 0 Å². The van der Waals surface area contributed by atoms with Crippen LogP contribution in [0.5, 0.6) is 0 Å². The number of amides is 3. The van der Waals surface area contributed by atoms with E-state index < -0.39 is 29.6 Å². The van der Waals surface area contributed by atoms with E-state index in [-0.39, 0.29) is 16.3 Å². The lowest BCUT2D eigenvalue weighted by Gasteiger charge is -2.29. The lowest BCUT2D eigenvalue weighted by Crippen LogP contribution is -2.46. The zero-order valence-corrected chi connectivity index (χ0v) is 15.4. The molecule has 1 aliphatic heterocycles. The maximum atomic E-state index is 13.4. The minimum absolute atomic E-state index is 0.0667. The molecule has 2 aromatic rings. The van der Waals surface area contributed by atoms with Crippen LogP contribution in [0.25, 0.3) is 0 Å². The third kappa shape index (κ3) is 4.04. The fraction of sp³-hybridized carbons (Fsp3) is 0.111. The van der Waals surface area contributed by atoms with Gasteiger partial charge in [0.05, 0.1) is 11.6 Å². The smallest absolute Gasteiger partial charge is 0.319 e. The SMILES string of the molecule is CC1=C(C(=O)Nc2ccc(F)c(F)c2)[C@H](c2ccc(Cl)cc2Cl)NC(=O)N1. The predicted molar refractivity (Wildman–Crippen MR) is 98.6 cm³/mol. The van der Waals surface area contributed by atoms with Gasteiger partial charge in [0.25, 0.3) is 5.91 Å². The molecule has 3 N–H and O–H groups in total. The molecule has 1 atom stereocenters. The van der Waals surface area contributed by atoms with Crippen LogP contribution in [0.15, 0.2) is 47.7 Å². The van der Waals surface area contributed by atoms with Crippen molar-refractivity contribution >= 4 is 40.8 Å². The molecule has 0 radical (unpaired) electrons. The van der Waals surface area contributed by atoms with Crippen LogP contribution in [-0.4, -0.2) is 11.9 Å². The summed E-state index contributed by atoms with van der Waals surface area (Å²) in [4.78, 5) is 24.7. The Morgan fingerprint density at radius 3 is 2.52 bits per heavy atom. The van der Waals surface area contributed by atoms with Crippen LogP contribution >= 0.6 is 23.2 Å². The Morgan fingerprint density at radius 1 is 1.11 bits per heavy atom. The van der Waals surface area contributed by atoms with Crippen molar-refractivity contribution in [3.05, 3.63) is 74.9 Å².